The molecule has 0 saturated heterocycles. The average molecular weight is 457 g/mol. The Morgan fingerprint density at radius 1 is 0.938 bits per heavy atom. The molecule has 0 saturated carbocycles. The van der Waals surface area contributed by atoms with Crippen molar-refractivity contribution in [3.05, 3.63) is 83.6 Å². The number of hydrogen-bond donors (Lipinski definition) is 0. The molecule has 0 atom stereocenters. The van der Waals surface area contributed by atoms with E-state index in [1.165, 1.54) is 21.5 Å². The van der Waals surface area contributed by atoms with E-state index in [9.17, 15) is 0 Å². The Kier molecular flexibility index (Phi) is 4.69. The highest BCUT2D eigenvalue weighted by molar-refractivity contribution is 8.00. The first-order valence-corrected chi connectivity index (χ1v) is 12.2. The summed E-state index contributed by atoms with van der Waals surface area (Å²) in [5, 5.41) is 5.76. The van der Waals surface area contributed by atoms with Gasteiger partial charge >= 0.3 is 0 Å². The maximum absolute atomic E-state index is 4.89. The van der Waals surface area contributed by atoms with Crippen molar-refractivity contribution in [2.45, 2.75) is 30.5 Å². The third kappa shape index (κ3) is 3.27. The van der Waals surface area contributed by atoms with Crippen molar-refractivity contribution in [3.63, 3.8) is 0 Å². The van der Waals surface area contributed by atoms with Crippen LogP contribution in [0.25, 0.3) is 26.9 Å². The van der Waals surface area contributed by atoms with E-state index in [1.807, 2.05) is 24.3 Å². The summed E-state index contributed by atoms with van der Waals surface area (Å²) in [5.74, 6) is 1.46. The summed E-state index contributed by atoms with van der Waals surface area (Å²) in [5.41, 5.74) is 6.52. The van der Waals surface area contributed by atoms with Crippen molar-refractivity contribution < 1.29 is 0 Å². The number of thioether (sulfide) groups is 1. The van der Waals surface area contributed by atoms with Crippen LogP contribution in [0.4, 0.5) is 0 Å². The van der Waals surface area contributed by atoms with Gasteiger partial charge in [-0.15, -0.1) is 16.4 Å². The summed E-state index contributed by atoms with van der Waals surface area (Å²) >= 11 is 3.39. The van der Waals surface area contributed by atoms with Gasteiger partial charge in [-0.1, -0.05) is 54.2 Å². The molecule has 0 aliphatic carbocycles. The number of aryl methyl sites for hydroxylation is 1. The lowest BCUT2D eigenvalue weighted by atomic mass is 10.2. The summed E-state index contributed by atoms with van der Waals surface area (Å²) < 4.78 is 6.31. The second-order valence-corrected chi connectivity index (χ2v) is 10.0. The van der Waals surface area contributed by atoms with Crippen LogP contribution >= 0.6 is 23.1 Å². The van der Waals surface area contributed by atoms with Gasteiger partial charge in [0.2, 0.25) is 0 Å². The van der Waals surface area contributed by atoms with Gasteiger partial charge in [-0.2, -0.15) is 0 Å². The third-order valence-corrected chi connectivity index (χ3v) is 7.95. The Bertz CT molecular complexity index is 1550. The second kappa shape index (κ2) is 7.72. The number of fused-ring (bicyclic) bond motifs is 4. The van der Waals surface area contributed by atoms with Crippen LogP contribution in [0, 0.1) is 13.8 Å². The normalized spacial score (nSPS) is 11.8. The van der Waals surface area contributed by atoms with Crippen molar-refractivity contribution >= 4 is 50.0 Å². The maximum atomic E-state index is 4.89. The molecule has 4 aromatic heterocycles. The van der Waals surface area contributed by atoms with Gasteiger partial charge < -0.3 is 4.57 Å². The van der Waals surface area contributed by atoms with E-state index >= 15 is 0 Å². The van der Waals surface area contributed by atoms with Crippen molar-refractivity contribution in [2.24, 2.45) is 0 Å². The number of aromatic nitrogens is 6. The highest BCUT2D eigenvalue weighted by Crippen LogP contribution is 2.32. The number of nitrogens with zero attached hydrogens (tertiary/aromatic N) is 6. The van der Waals surface area contributed by atoms with Gasteiger partial charge in [-0.3, -0.25) is 0 Å². The molecule has 0 spiro atoms. The number of para-hydroxylation sites is 1. The van der Waals surface area contributed by atoms with E-state index in [1.54, 1.807) is 33.9 Å². The lowest BCUT2D eigenvalue weighted by Crippen LogP contribution is -2.03. The van der Waals surface area contributed by atoms with Crippen LogP contribution in [0.5, 0.6) is 0 Å². The van der Waals surface area contributed by atoms with Crippen LogP contribution in [0.3, 0.4) is 0 Å². The van der Waals surface area contributed by atoms with E-state index in [0.717, 1.165) is 38.9 Å². The first kappa shape index (κ1) is 19.5. The second-order valence-electron chi connectivity index (χ2n) is 7.76. The first-order chi connectivity index (χ1) is 15.7. The van der Waals surface area contributed by atoms with Crippen LogP contribution in [0.2, 0.25) is 0 Å². The molecule has 0 aliphatic heterocycles. The van der Waals surface area contributed by atoms with Gasteiger partial charge in [-0.25, -0.2) is 19.5 Å². The highest BCUT2D eigenvalue weighted by atomic mass is 32.2. The van der Waals surface area contributed by atoms with Crippen LogP contribution in [0.15, 0.2) is 65.3 Å². The average Bonchev–Trinajstić information content (AvgIpc) is 3.49. The fourth-order valence-electron chi connectivity index (χ4n) is 4.03. The largest absolute Gasteiger partial charge is 0.325 e. The standard InChI is InChI=1S/C24H20N6S2/c1-15-16(2)29(12-17-8-4-3-5-9-17)22-21(15)23-27-20(28-30(23)14-25-22)13-31-24-26-18-10-6-7-11-19(18)32-24/h3-11,14H,12-13H2,1-2H3. The fraction of sp³-hybridized carbons (Fsp3) is 0.167. The molecule has 0 aliphatic rings. The zero-order chi connectivity index (χ0) is 21.7. The molecule has 6 aromatic rings. The Balaban J connectivity index is 1.35. The van der Waals surface area contributed by atoms with Crippen LogP contribution in [0.1, 0.15) is 22.6 Å². The van der Waals surface area contributed by atoms with Gasteiger partial charge in [0, 0.05) is 12.2 Å². The molecule has 0 bridgehead atoms. The quantitative estimate of drug-likeness (QED) is 0.314. The minimum Gasteiger partial charge on any atom is -0.325 e. The number of hydrogen-bond acceptors (Lipinski definition) is 6. The van der Waals surface area contributed by atoms with Gasteiger partial charge in [0.15, 0.2) is 15.8 Å². The molecule has 32 heavy (non-hydrogen) atoms. The molecule has 0 amide bonds. The molecule has 0 fully saturated rings. The van der Waals surface area contributed by atoms with Gasteiger partial charge in [-0.05, 0) is 37.1 Å². The summed E-state index contributed by atoms with van der Waals surface area (Å²) in [6, 6.07) is 18.7. The van der Waals surface area contributed by atoms with E-state index in [0.29, 0.717) is 5.75 Å². The number of thiazole rings is 1. The number of benzene rings is 2. The monoisotopic (exact) mass is 456 g/mol. The predicted molar refractivity (Wildman–Crippen MR) is 130 cm³/mol. The van der Waals surface area contributed by atoms with Crippen molar-refractivity contribution in [1.82, 2.24) is 29.1 Å². The lowest BCUT2D eigenvalue weighted by molar-refractivity contribution is 0.786. The summed E-state index contributed by atoms with van der Waals surface area (Å²) in [7, 11) is 0. The molecule has 6 nitrogen and oxygen atoms in total. The zero-order valence-electron chi connectivity index (χ0n) is 17.7. The van der Waals surface area contributed by atoms with E-state index in [4.69, 9.17) is 15.0 Å². The molecule has 4 heterocycles. The first-order valence-electron chi connectivity index (χ1n) is 10.4. The Morgan fingerprint density at radius 3 is 2.59 bits per heavy atom. The van der Waals surface area contributed by atoms with E-state index in [2.05, 4.69) is 53.8 Å². The third-order valence-electron chi connectivity index (χ3n) is 5.77. The van der Waals surface area contributed by atoms with Crippen molar-refractivity contribution in [2.75, 3.05) is 0 Å². The van der Waals surface area contributed by atoms with Crippen LogP contribution in [-0.2, 0) is 12.3 Å². The molecule has 0 unspecified atom stereocenters. The van der Waals surface area contributed by atoms with Crippen molar-refractivity contribution in [3.8, 4) is 0 Å². The topological polar surface area (TPSA) is 60.9 Å². The van der Waals surface area contributed by atoms with Gasteiger partial charge in [0.1, 0.15) is 12.0 Å². The predicted octanol–water partition coefficient (Wildman–Crippen LogP) is 5.65. The Morgan fingerprint density at radius 2 is 1.75 bits per heavy atom. The van der Waals surface area contributed by atoms with Gasteiger partial charge in [0.05, 0.1) is 21.4 Å². The smallest absolute Gasteiger partial charge is 0.168 e. The van der Waals surface area contributed by atoms with E-state index < -0.39 is 0 Å². The minimum atomic E-state index is 0.672. The molecule has 0 N–H and O–H groups in total. The summed E-state index contributed by atoms with van der Waals surface area (Å²) in [6.07, 6.45) is 1.77. The van der Waals surface area contributed by atoms with Crippen LogP contribution < -0.4 is 0 Å². The molecule has 158 valence electrons. The molecule has 0 radical (unpaired) electrons. The Labute approximate surface area is 193 Å². The Hall–Kier alpha value is -3.23. The van der Waals surface area contributed by atoms with Crippen LogP contribution in [-0.4, -0.2) is 29.1 Å². The molecule has 8 heteroatoms. The van der Waals surface area contributed by atoms with Gasteiger partial charge in [0.25, 0.3) is 0 Å². The minimum absolute atomic E-state index is 0.672. The molecular weight excluding hydrogens is 436 g/mol. The molecular formula is C24H20N6S2. The lowest BCUT2D eigenvalue weighted by Gasteiger charge is -2.07. The number of rotatable bonds is 5. The fourth-order valence-corrected chi connectivity index (χ4v) is 5.95. The zero-order valence-corrected chi connectivity index (χ0v) is 19.3. The summed E-state index contributed by atoms with van der Waals surface area (Å²) in [4.78, 5) is 14.3. The summed E-state index contributed by atoms with van der Waals surface area (Å²) in [6.45, 7) is 5.08. The molecule has 6 rings (SSSR count). The molecule has 2 aromatic carbocycles. The maximum Gasteiger partial charge on any atom is 0.168 e. The van der Waals surface area contributed by atoms with Crippen molar-refractivity contribution in [1.29, 1.82) is 0 Å². The van der Waals surface area contributed by atoms with E-state index in [-0.39, 0.29) is 0 Å². The SMILES string of the molecule is Cc1c(C)n(Cc2ccccc2)c2ncn3nc(CSc4nc5ccccc5s4)nc3c12. The highest BCUT2D eigenvalue weighted by Gasteiger charge is 2.18.